The standard InChI is InChI=1S/C24H31N2O11P/c1-15-21(36-23(27)34-15)12-31-38(29,32-13-22-16(2)35-24(28)37-22)33-14-26-11-17(8-9-25(3)4)19-7-6-18(30-5)10-20(19)26/h6-7,10-11,23,27H,8-9,12-14H2,1-5H3. The van der Waals surface area contributed by atoms with Gasteiger partial charge in [-0.2, -0.15) is 0 Å². The lowest BCUT2D eigenvalue weighted by atomic mass is 10.1. The molecule has 2 aromatic heterocycles. The minimum absolute atomic E-state index is 0.0378. The van der Waals surface area contributed by atoms with Crippen molar-refractivity contribution < 1.29 is 46.3 Å². The van der Waals surface area contributed by atoms with E-state index in [4.69, 9.17) is 36.6 Å². The molecular weight excluding hydrogens is 523 g/mol. The van der Waals surface area contributed by atoms with Crippen molar-refractivity contribution in [2.24, 2.45) is 0 Å². The van der Waals surface area contributed by atoms with Crippen LogP contribution in [0.4, 0.5) is 0 Å². The number of aliphatic hydroxyl groups excluding tert-OH is 1. The van der Waals surface area contributed by atoms with Crippen LogP contribution in [0.2, 0.25) is 0 Å². The van der Waals surface area contributed by atoms with Gasteiger partial charge >= 0.3 is 20.1 Å². The molecule has 208 valence electrons. The van der Waals surface area contributed by atoms with Crippen LogP contribution in [-0.2, 0) is 47.4 Å². The van der Waals surface area contributed by atoms with E-state index in [0.29, 0.717) is 5.75 Å². The summed E-state index contributed by atoms with van der Waals surface area (Å²) in [5.74, 6) is 0.326. The summed E-state index contributed by atoms with van der Waals surface area (Å²) in [4.78, 5) is 13.5. The van der Waals surface area contributed by atoms with Gasteiger partial charge in [-0.1, -0.05) is 0 Å². The van der Waals surface area contributed by atoms with Crippen molar-refractivity contribution in [3.63, 3.8) is 0 Å². The molecule has 1 aromatic carbocycles. The Kier molecular flexibility index (Phi) is 8.66. The Morgan fingerprint density at radius 1 is 1.11 bits per heavy atom. The molecular formula is C24H31N2O11P. The summed E-state index contributed by atoms with van der Waals surface area (Å²) in [7, 11) is 1.27. The predicted molar refractivity (Wildman–Crippen MR) is 133 cm³/mol. The molecule has 3 heterocycles. The Morgan fingerprint density at radius 3 is 2.50 bits per heavy atom. The van der Waals surface area contributed by atoms with E-state index in [1.54, 1.807) is 18.6 Å². The van der Waals surface area contributed by atoms with Crippen molar-refractivity contribution in [3.05, 3.63) is 63.6 Å². The number of phosphoric acid groups is 1. The molecule has 0 saturated heterocycles. The molecule has 38 heavy (non-hydrogen) atoms. The van der Waals surface area contributed by atoms with Gasteiger partial charge in [0, 0.05) is 24.2 Å². The summed E-state index contributed by atoms with van der Waals surface area (Å²) in [5.41, 5.74) is 1.87. The van der Waals surface area contributed by atoms with Crippen LogP contribution < -0.4 is 10.6 Å². The number of fused-ring (bicyclic) bond motifs is 1. The van der Waals surface area contributed by atoms with Crippen molar-refractivity contribution in [2.75, 3.05) is 34.4 Å². The summed E-state index contributed by atoms with van der Waals surface area (Å²) < 4.78 is 57.4. The Hall–Kier alpha value is -3.06. The van der Waals surface area contributed by atoms with Gasteiger partial charge < -0.3 is 37.6 Å². The molecule has 4 rings (SSSR count). The minimum atomic E-state index is -4.29. The van der Waals surface area contributed by atoms with E-state index in [1.807, 2.05) is 38.5 Å². The first kappa shape index (κ1) is 28.0. The summed E-state index contributed by atoms with van der Waals surface area (Å²) >= 11 is 0. The molecule has 0 amide bonds. The number of allylic oxidation sites excluding steroid dienone is 1. The second kappa shape index (κ2) is 11.8. The summed E-state index contributed by atoms with van der Waals surface area (Å²) in [6, 6.07) is 5.69. The van der Waals surface area contributed by atoms with Crippen LogP contribution in [0.5, 0.6) is 5.75 Å². The first-order chi connectivity index (χ1) is 18.1. The average molecular weight is 554 g/mol. The fraction of sp³-hybridized carbons (Fsp3) is 0.458. The Bertz CT molecular complexity index is 1400. The highest BCUT2D eigenvalue weighted by Crippen LogP contribution is 2.51. The van der Waals surface area contributed by atoms with Gasteiger partial charge in [-0.25, -0.2) is 9.36 Å². The smallest absolute Gasteiger partial charge is 0.497 e. The largest absolute Gasteiger partial charge is 0.519 e. The highest BCUT2D eigenvalue weighted by molar-refractivity contribution is 7.48. The van der Waals surface area contributed by atoms with Gasteiger partial charge in [-0.3, -0.25) is 13.6 Å². The molecule has 0 saturated carbocycles. The highest BCUT2D eigenvalue weighted by Gasteiger charge is 2.32. The lowest BCUT2D eigenvalue weighted by Crippen LogP contribution is -2.14. The van der Waals surface area contributed by atoms with E-state index in [0.717, 1.165) is 29.4 Å². The molecule has 3 aromatic rings. The Balaban J connectivity index is 1.57. The molecule has 14 heteroatoms. The van der Waals surface area contributed by atoms with Crippen LogP contribution in [0.15, 0.2) is 49.5 Å². The fourth-order valence-electron chi connectivity index (χ4n) is 3.73. The van der Waals surface area contributed by atoms with E-state index >= 15 is 0 Å². The topological polar surface area (TPSA) is 144 Å². The zero-order valence-electron chi connectivity index (χ0n) is 21.8. The zero-order chi connectivity index (χ0) is 27.4. The number of likely N-dealkylation sites (N-methyl/N-ethyl adjacent to an activating group) is 1. The monoisotopic (exact) mass is 554 g/mol. The molecule has 0 aliphatic carbocycles. The van der Waals surface area contributed by atoms with Crippen molar-refractivity contribution in [3.8, 4) is 5.75 Å². The molecule has 1 N–H and O–H groups in total. The Morgan fingerprint density at radius 2 is 1.87 bits per heavy atom. The number of benzene rings is 1. The minimum Gasteiger partial charge on any atom is -0.497 e. The van der Waals surface area contributed by atoms with Crippen LogP contribution in [0, 0.1) is 6.92 Å². The zero-order valence-corrected chi connectivity index (χ0v) is 22.7. The molecule has 1 aliphatic heterocycles. The van der Waals surface area contributed by atoms with Crippen molar-refractivity contribution >= 4 is 18.7 Å². The molecule has 0 radical (unpaired) electrons. The number of aliphatic hydroxyl groups is 1. The van der Waals surface area contributed by atoms with Gasteiger partial charge in [0.05, 0.1) is 12.6 Å². The van der Waals surface area contributed by atoms with Gasteiger partial charge in [0.25, 0.3) is 0 Å². The molecule has 1 aliphatic rings. The Labute approximate surface area is 218 Å². The number of aromatic nitrogens is 1. The second-order valence-electron chi connectivity index (χ2n) is 8.77. The number of rotatable bonds is 13. The highest BCUT2D eigenvalue weighted by atomic mass is 31.2. The van der Waals surface area contributed by atoms with E-state index in [-0.39, 0.29) is 36.4 Å². The van der Waals surface area contributed by atoms with Gasteiger partial charge in [-0.05, 0) is 52.1 Å². The molecule has 0 bridgehead atoms. The summed E-state index contributed by atoms with van der Waals surface area (Å²) in [5, 5.41) is 10.5. The summed E-state index contributed by atoms with van der Waals surface area (Å²) in [6.45, 7) is 1.41. The third-order valence-corrected chi connectivity index (χ3v) is 7.13. The lowest BCUT2D eigenvalue weighted by Gasteiger charge is -2.18. The molecule has 0 spiro atoms. The van der Waals surface area contributed by atoms with E-state index in [9.17, 15) is 14.5 Å². The maximum atomic E-state index is 13.7. The van der Waals surface area contributed by atoms with Crippen LogP contribution in [-0.4, -0.2) is 55.4 Å². The second-order valence-corrected chi connectivity index (χ2v) is 10.4. The average Bonchev–Trinajstić information content (AvgIpc) is 3.51. The molecule has 2 unspecified atom stereocenters. The van der Waals surface area contributed by atoms with Gasteiger partial charge in [0.1, 0.15) is 37.2 Å². The van der Waals surface area contributed by atoms with Crippen LogP contribution in [0.1, 0.15) is 24.0 Å². The number of methoxy groups -OCH3 is 1. The van der Waals surface area contributed by atoms with E-state index in [1.165, 1.54) is 6.92 Å². The maximum absolute atomic E-state index is 13.7. The maximum Gasteiger partial charge on any atom is 0.519 e. The first-order valence-electron chi connectivity index (χ1n) is 11.7. The molecule has 2 atom stereocenters. The number of ether oxygens (including phenoxy) is 3. The van der Waals surface area contributed by atoms with E-state index in [2.05, 4.69) is 4.90 Å². The number of hydrogen-bond donors (Lipinski definition) is 1. The first-order valence-corrected chi connectivity index (χ1v) is 13.2. The van der Waals surface area contributed by atoms with Crippen LogP contribution >= 0.6 is 7.82 Å². The fourth-order valence-corrected chi connectivity index (χ4v) is 4.77. The SMILES string of the molecule is COc1ccc2c(CCN(C)C)cn(COP(=O)(OCC3=C(C)OC(O)O3)OCc3oc(=O)oc3C)c2c1. The number of hydrogen-bond acceptors (Lipinski definition) is 12. The van der Waals surface area contributed by atoms with Crippen LogP contribution in [0.3, 0.4) is 0 Å². The van der Waals surface area contributed by atoms with Gasteiger partial charge in [0.2, 0.25) is 0 Å². The predicted octanol–water partition coefficient (Wildman–Crippen LogP) is 3.48. The van der Waals surface area contributed by atoms with Gasteiger partial charge in [0.15, 0.2) is 11.5 Å². The van der Waals surface area contributed by atoms with Crippen molar-refractivity contribution in [1.29, 1.82) is 0 Å². The number of phosphoric ester groups is 1. The third kappa shape index (κ3) is 6.68. The quantitative estimate of drug-likeness (QED) is 0.309. The van der Waals surface area contributed by atoms with Crippen molar-refractivity contribution in [1.82, 2.24) is 9.47 Å². The third-order valence-electron chi connectivity index (χ3n) is 5.81. The normalized spacial score (nSPS) is 17.2. The van der Waals surface area contributed by atoms with Crippen LogP contribution in [0.25, 0.3) is 10.9 Å². The lowest BCUT2D eigenvalue weighted by molar-refractivity contribution is -0.194. The van der Waals surface area contributed by atoms with E-state index < -0.39 is 26.7 Å². The summed E-state index contributed by atoms with van der Waals surface area (Å²) in [6.07, 6.45) is 2.69. The van der Waals surface area contributed by atoms with Gasteiger partial charge in [-0.15, -0.1) is 0 Å². The number of nitrogens with zero attached hydrogens (tertiary/aromatic N) is 2. The number of aryl methyl sites for hydroxylation is 1. The molecule has 13 nitrogen and oxygen atoms in total. The van der Waals surface area contributed by atoms with Crippen molar-refractivity contribution in [2.45, 2.75) is 40.1 Å². The molecule has 0 fully saturated rings.